The van der Waals surface area contributed by atoms with Crippen molar-refractivity contribution in [2.75, 3.05) is 25.1 Å². The average molecular weight is 755 g/mol. The number of phenolic OH excluding ortho intramolecular Hbond substituents is 1. The number of hydrogen-bond donors (Lipinski definition) is 9. The predicted octanol–water partition coefficient (Wildman–Crippen LogP) is 3.26. The number of fused-ring (bicyclic) bond motifs is 2. The number of anilines is 1. The molecule has 0 radical (unpaired) electrons. The summed E-state index contributed by atoms with van der Waals surface area (Å²) in [5.41, 5.74) is 1.91. The highest BCUT2D eigenvalue weighted by Gasteiger charge is 2.54. The topological polar surface area (TPSA) is 248 Å². The minimum atomic E-state index is -2.26. The molecule has 2 heterocycles. The first-order valence-electron chi connectivity index (χ1n) is 17.2. The molecule has 16 heteroatoms. The van der Waals surface area contributed by atoms with Gasteiger partial charge in [-0.2, -0.15) is 0 Å². The number of ether oxygens (including phenoxy) is 2. The third kappa shape index (κ3) is 9.28. The molecule has 15 nitrogen and oxygen atoms in total. The number of carboxylic acid groups (broad SMARTS) is 2. The summed E-state index contributed by atoms with van der Waals surface area (Å²) in [4.78, 5) is 36.5. The molecule has 284 valence electrons. The Kier molecular flexibility index (Phi) is 13.0. The summed E-state index contributed by atoms with van der Waals surface area (Å²) in [5.74, 6) is -4.74. The molecule has 2 aliphatic heterocycles. The molecule has 9 N–H and O–H groups in total. The third-order valence-electron chi connectivity index (χ3n) is 9.07. The number of aromatic carboxylic acids is 1. The number of carbonyl (C=O) groups is 2. The highest BCUT2D eigenvalue weighted by atomic mass is 32.1. The lowest BCUT2D eigenvalue weighted by atomic mass is 9.90. The van der Waals surface area contributed by atoms with Crippen molar-refractivity contribution in [3.05, 3.63) is 70.4 Å². The second-order valence-corrected chi connectivity index (χ2v) is 13.3. The molecule has 0 bridgehead atoms. The van der Waals surface area contributed by atoms with Gasteiger partial charge in [-0.05, 0) is 67.0 Å². The van der Waals surface area contributed by atoms with Gasteiger partial charge in [0.2, 0.25) is 0 Å². The normalized spacial score (nSPS) is 20.6. The molecule has 5 rings (SSSR count). The molecular weight excluding hydrogens is 712 g/mol. The molecule has 3 aliphatic rings. The summed E-state index contributed by atoms with van der Waals surface area (Å²) in [6.45, 7) is -0.232. The van der Waals surface area contributed by atoms with E-state index in [9.17, 15) is 50.1 Å². The average Bonchev–Trinajstić information content (AvgIpc) is 3.12. The Balaban J connectivity index is 1.09. The number of unbranched alkanes of at least 4 members (excludes halogenated alkanes) is 5. The molecule has 1 aliphatic carbocycles. The lowest BCUT2D eigenvalue weighted by Crippen LogP contribution is -2.62. The number of aliphatic hydroxyl groups is 4. The van der Waals surface area contributed by atoms with E-state index in [1.165, 1.54) is 30.3 Å². The molecule has 0 spiro atoms. The van der Waals surface area contributed by atoms with Crippen molar-refractivity contribution >= 4 is 45.9 Å². The van der Waals surface area contributed by atoms with Gasteiger partial charge in [-0.25, -0.2) is 9.59 Å². The standard InChI is InChI=1S/C37H42N2O13S/c40-19-28(44)33-32(45)27(43)18-37(52-33,35(48)49)50-14-6-4-2-1-3-5-13-38-36(53)39-20-7-10-23(26(15-20)34(46)47)31-24-11-8-21(41)16-29(24)51-30-17-22(42)9-12-25(30)31/h7-12,15-17,27-28,32-33,40-41,43-45H,1-6,13-14,18-19H2,(H,46,47)(H,48,49)(H2,38,39,53)/t27-,28-,32-,33-,37+/m1/s1. The van der Waals surface area contributed by atoms with Gasteiger partial charge in [0.15, 0.2) is 10.5 Å². The fourth-order valence-corrected chi connectivity index (χ4v) is 6.59. The summed E-state index contributed by atoms with van der Waals surface area (Å²) < 4.78 is 16.8. The Bertz CT molecular complexity index is 1970. The van der Waals surface area contributed by atoms with Gasteiger partial charge >= 0.3 is 11.9 Å². The van der Waals surface area contributed by atoms with Crippen LogP contribution in [-0.4, -0.2) is 103 Å². The molecule has 0 amide bonds. The smallest absolute Gasteiger partial charge is 0.364 e. The number of aromatic hydroxyl groups is 1. The molecule has 1 fully saturated rings. The lowest BCUT2D eigenvalue weighted by molar-refractivity contribution is -0.323. The molecule has 0 saturated carbocycles. The molecule has 5 atom stereocenters. The summed E-state index contributed by atoms with van der Waals surface area (Å²) in [6, 6.07) is 13.6. The zero-order valence-corrected chi connectivity index (χ0v) is 29.4. The van der Waals surface area contributed by atoms with Crippen molar-refractivity contribution in [2.45, 2.75) is 75.1 Å². The molecule has 53 heavy (non-hydrogen) atoms. The quantitative estimate of drug-likeness (QED) is 0.0452. The second-order valence-electron chi connectivity index (χ2n) is 12.9. The minimum Gasteiger partial charge on any atom is -0.508 e. The predicted molar refractivity (Wildman–Crippen MR) is 196 cm³/mol. The SMILES string of the molecule is O=C(O)c1cc(NC(=S)NCCCCCCCCO[C@@]2(C(=O)O)C[C@@H](O)[C@@H](O)[C@@H]([C@H](O)CO)O2)ccc1-c1c2ccc(=O)cc-2oc2cc(O)ccc12. The summed E-state index contributed by atoms with van der Waals surface area (Å²) in [6.07, 6.45) is -2.17. The van der Waals surface area contributed by atoms with E-state index in [1.807, 2.05) is 0 Å². The van der Waals surface area contributed by atoms with Crippen molar-refractivity contribution in [3.63, 3.8) is 0 Å². The van der Waals surface area contributed by atoms with E-state index in [2.05, 4.69) is 10.6 Å². The number of rotatable bonds is 16. The summed E-state index contributed by atoms with van der Waals surface area (Å²) >= 11 is 5.44. The van der Waals surface area contributed by atoms with E-state index in [1.54, 1.807) is 24.3 Å². The van der Waals surface area contributed by atoms with Gasteiger partial charge in [-0.15, -0.1) is 0 Å². The van der Waals surface area contributed by atoms with Crippen LogP contribution < -0.4 is 16.1 Å². The van der Waals surface area contributed by atoms with Crippen LogP contribution in [0.5, 0.6) is 5.75 Å². The van der Waals surface area contributed by atoms with Gasteiger partial charge in [0.1, 0.15) is 35.4 Å². The molecule has 1 saturated heterocycles. The maximum absolute atomic E-state index is 12.5. The van der Waals surface area contributed by atoms with E-state index in [4.69, 9.17) is 26.1 Å². The number of hydrogen-bond acceptors (Lipinski definition) is 12. The number of carboxylic acids is 2. The number of benzene rings is 3. The molecular formula is C37H42N2O13S. The Morgan fingerprint density at radius 2 is 1.68 bits per heavy atom. The largest absolute Gasteiger partial charge is 0.508 e. The van der Waals surface area contributed by atoms with Crippen LogP contribution in [0.1, 0.15) is 55.3 Å². The first-order valence-corrected chi connectivity index (χ1v) is 17.6. The fourth-order valence-electron chi connectivity index (χ4n) is 6.37. The van der Waals surface area contributed by atoms with Crippen molar-refractivity contribution in [2.24, 2.45) is 0 Å². The Labute approximate surface area is 308 Å². The Morgan fingerprint density at radius 1 is 0.962 bits per heavy atom. The summed E-state index contributed by atoms with van der Waals surface area (Å²) in [7, 11) is 0. The van der Waals surface area contributed by atoms with Crippen LogP contribution >= 0.6 is 12.2 Å². The zero-order valence-electron chi connectivity index (χ0n) is 28.6. The molecule has 2 aromatic carbocycles. The number of aliphatic hydroxyl groups excluding tert-OH is 4. The van der Waals surface area contributed by atoms with E-state index in [0.29, 0.717) is 45.8 Å². The first kappa shape index (κ1) is 39.5. The molecule has 0 aromatic heterocycles. The van der Waals surface area contributed by atoms with Gasteiger partial charge in [0.05, 0.1) is 24.9 Å². The fraction of sp³-hybridized carbons (Fsp3) is 0.405. The van der Waals surface area contributed by atoms with Gasteiger partial charge in [-0.3, -0.25) is 4.79 Å². The van der Waals surface area contributed by atoms with Crippen LogP contribution in [0.4, 0.5) is 5.69 Å². The van der Waals surface area contributed by atoms with Crippen molar-refractivity contribution < 1.29 is 59.2 Å². The number of phenols is 1. The maximum Gasteiger partial charge on any atom is 0.364 e. The highest BCUT2D eigenvalue weighted by molar-refractivity contribution is 7.80. The van der Waals surface area contributed by atoms with E-state index in [-0.39, 0.29) is 34.7 Å². The van der Waals surface area contributed by atoms with Crippen molar-refractivity contribution in [3.8, 4) is 28.2 Å². The van der Waals surface area contributed by atoms with Gasteiger partial charge in [-0.1, -0.05) is 31.7 Å². The number of nitrogens with one attached hydrogen (secondary N) is 2. The van der Waals surface area contributed by atoms with Gasteiger partial charge < -0.3 is 60.3 Å². The van der Waals surface area contributed by atoms with Crippen LogP contribution in [0.2, 0.25) is 0 Å². The first-order chi connectivity index (χ1) is 25.3. The monoisotopic (exact) mass is 754 g/mol. The molecule has 2 aromatic rings. The molecule has 0 unspecified atom stereocenters. The van der Waals surface area contributed by atoms with E-state index < -0.39 is 55.2 Å². The number of aliphatic carboxylic acids is 1. The van der Waals surface area contributed by atoms with Crippen LogP contribution in [0.25, 0.3) is 33.4 Å². The second kappa shape index (κ2) is 17.4. The third-order valence-corrected chi connectivity index (χ3v) is 9.32. The minimum absolute atomic E-state index is 0.00426. The van der Waals surface area contributed by atoms with Crippen molar-refractivity contribution in [1.29, 1.82) is 0 Å². The van der Waals surface area contributed by atoms with E-state index in [0.717, 1.165) is 32.1 Å². The van der Waals surface area contributed by atoms with E-state index >= 15 is 0 Å². The Hall–Kier alpha value is -4.68. The van der Waals surface area contributed by atoms with Gasteiger partial charge in [0, 0.05) is 47.3 Å². The van der Waals surface area contributed by atoms with Crippen LogP contribution in [0.15, 0.2) is 63.8 Å². The summed E-state index contributed by atoms with van der Waals surface area (Å²) in [5, 5.41) is 76.3. The highest BCUT2D eigenvalue weighted by Crippen LogP contribution is 2.42. The van der Waals surface area contributed by atoms with Gasteiger partial charge in [0.25, 0.3) is 5.79 Å². The Morgan fingerprint density at radius 3 is 2.40 bits per heavy atom. The lowest BCUT2D eigenvalue weighted by Gasteiger charge is -2.43. The maximum atomic E-state index is 12.5. The van der Waals surface area contributed by atoms with Crippen LogP contribution in [0.3, 0.4) is 0 Å². The van der Waals surface area contributed by atoms with Crippen LogP contribution in [-0.2, 0) is 14.3 Å². The van der Waals surface area contributed by atoms with Crippen LogP contribution in [0, 0.1) is 0 Å². The zero-order chi connectivity index (χ0) is 38.3. The van der Waals surface area contributed by atoms with Crippen molar-refractivity contribution in [1.82, 2.24) is 5.32 Å². The number of thiocarbonyl (C=S) groups is 1.